The average Bonchev–Trinajstić information content (AvgIpc) is 3.13. The van der Waals surface area contributed by atoms with Crippen LogP contribution < -0.4 is 10.9 Å². The van der Waals surface area contributed by atoms with Gasteiger partial charge in [-0.3, -0.25) is 14.0 Å². The fraction of sp³-hybridized carbons (Fsp3) is 0.500. The van der Waals surface area contributed by atoms with Gasteiger partial charge in [-0.1, -0.05) is 6.92 Å². The Morgan fingerprint density at radius 3 is 2.85 bits per heavy atom. The summed E-state index contributed by atoms with van der Waals surface area (Å²) in [5.74, 6) is 1.25. The third-order valence-electron chi connectivity index (χ3n) is 4.16. The molecule has 3 aromatic heterocycles. The van der Waals surface area contributed by atoms with Gasteiger partial charge in [0.15, 0.2) is 5.58 Å². The molecule has 3 rings (SSSR count). The first-order valence-corrected chi connectivity index (χ1v) is 8.91. The van der Waals surface area contributed by atoms with Crippen molar-refractivity contribution in [2.75, 3.05) is 19.8 Å². The number of aromatic nitrogens is 3. The number of hydrogen-bond acceptors (Lipinski definition) is 5. The molecule has 0 fully saturated rings. The summed E-state index contributed by atoms with van der Waals surface area (Å²) < 4.78 is 13.9. The first kappa shape index (κ1) is 18.2. The van der Waals surface area contributed by atoms with Crippen molar-refractivity contribution in [3.8, 4) is 0 Å². The topological polar surface area (TPSA) is 90.8 Å². The average molecular weight is 360 g/mol. The van der Waals surface area contributed by atoms with E-state index in [2.05, 4.69) is 10.4 Å². The van der Waals surface area contributed by atoms with Gasteiger partial charge in [-0.15, -0.1) is 0 Å². The van der Waals surface area contributed by atoms with Crippen LogP contribution in [0.3, 0.4) is 0 Å². The first-order chi connectivity index (χ1) is 12.5. The van der Waals surface area contributed by atoms with Crippen LogP contribution in [-0.4, -0.2) is 39.8 Å². The first-order valence-electron chi connectivity index (χ1n) is 8.91. The molecular weight excluding hydrogens is 336 g/mol. The number of aryl methyl sites for hydroxylation is 2. The zero-order chi connectivity index (χ0) is 18.7. The van der Waals surface area contributed by atoms with Gasteiger partial charge in [-0.05, 0) is 20.3 Å². The molecule has 0 atom stereocenters. The minimum Gasteiger partial charge on any atom is -0.460 e. The highest BCUT2D eigenvalue weighted by Crippen LogP contribution is 2.23. The molecule has 0 saturated carbocycles. The lowest BCUT2D eigenvalue weighted by atomic mass is 10.4. The van der Waals surface area contributed by atoms with Crippen LogP contribution in [0.2, 0.25) is 0 Å². The predicted octanol–water partition coefficient (Wildman–Crippen LogP) is 1.66. The zero-order valence-electron chi connectivity index (χ0n) is 15.4. The van der Waals surface area contributed by atoms with E-state index in [-0.39, 0.29) is 18.0 Å². The van der Waals surface area contributed by atoms with Crippen LogP contribution >= 0.6 is 0 Å². The van der Waals surface area contributed by atoms with Crippen LogP contribution in [0.5, 0.6) is 0 Å². The van der Waals surface area contributed by atoms with E-state index in [1.165, 1.54) is 4.68 Å². The number of ether oxygens (including phenoxy) is 1. The second-order valence-electron chi connectivity index (χ2n) is 6.10. The molecule has 26 heavy (non-hydrogen) atoms. The van der Waals surface area contributed by atoms with E-state index in [4.69, 9.17) is 9.15 Å². The molecule has 8 nitrogen and oxygen atoms in total. The van der Waals surface area contributed by atoms with Crippen molar-refractivity contribution in [1.82, 2.24) is 19.5 Å². The molecule has 0 aliphatic rings. The van der Waals surface area contributed by atoms with Crippen molar-refractivity contribution in [1.29, 1.82) is 0 Å². The Balaban J connectivity index is 1.84. The van der Waals surface area contributed by atoms with Crippen LogP contribution in [0, 0.1) is 6.92 Å². The Morgan fingerprint density at radius 2 is 2.12 bits per heavy atom. The highest BCUT2D eigenvalue weighted by Gasteiger charge is 2.17. The van der Waals surface area contributed by atoms with Gasteiger partial charge in [0.1, 0.15) is 23.6 Å². The smallest absolute Gasteiger partial charge is 0.291 e. The highest BCUT2D eigenvalue weighted by molar-refractivity contribution is 5.83. The Hall–Kier alpha value is -2.61. The Morgan fingerprint density at radius 1 is 1.31 bits per heavy atom. The molecule has 140 valence electrons. The van der Waals surface area contributed by atoms with E-state index in [0.717, 1.165) is 17.7 Å². The lowest BCUT2D eigenvalue weighted by Gasteiger charge is -2.10. The summed E-state index contributed by atoms with van der Waals surface area (Å²) in [7, 11) is 0. The van der Waals surface area contributed by atoms with Crippen LogP contribution in [0.1, 0.15) is 31.9 Å². The lowest BCUT2D eigenvalue weighted by Crippen LogP contribution is -2.35. The fourth-order valence-electron chi connectivity index (χ4n) is 2.99. The number of furan rings is 1. The molecule has 8 heteroatoms. The molecular formula is C18H24N4O4. The summed E-state index contributed by atoms with van der Waals surface area (Å²) in [5, 5.41) is 7.18. The minimum atomic E-state index is -0.310. The van der Waals surface area contributed by atoms with Gasteiger partial charge >= 0.3 is 0 Å². The quantitative estimate of drug-likeness (QED) is 0.617. The van der Waals surface area contributed by atoms with Crippen LogP contribution in [0.15, 0.2) is 21.3 Å². The van der Waals surface area contributed by atoms with Crippen LogP contribution in [0.4, 0.5) is 0 Å². The standard InChI is InChI=1S/C18H24N4O4/c1-4-16-20-21(11-17(23)19-7-6-8-25-5-2)18(24)14-10-15-13(22(14)16)9-12(3)26-15/h9-10H,4-8,11H2,1-3H3,(H,19,23). The number of nitrogens with one attached hydrogen (secondary N) is 1. The second-order valence-corrected chi connectivity index (χ2v) is 6.10. The maximum Gasteiger partial charge on any atom is 0.291 e. The number of fused-ring (bicyclic) bond motifs is 3. The highest BCUT2D eigenvalue weighted by atomic mass is 16.5. The fourth-order valence-corrected chi connectivity index (χ4v) is 2.99. The molecule has 0 unspecified atom stereocenters. The number of amides is 1. The second kappa shape index (κ2) is 7.74. The van der Waals surface area contributed by atoms with E-state index in [1.807, 2.05) is 31.2 Å². The van der Waals surface area contributed by atoms with Crippen molar-refractivity contribution in [3.63, 3.8) is 0 Å². The van der Waals surface area contributed by atoms with Crippen molar-refractivity contribution < 1.29 is 13.9 Å². The largest absolute Gasteiger partial charge is 0.460 e. The summed E-state index contributed by atoms with van der Waals surface area (Å²) in [5.41, 5.74) is 1.63. The number of hydrogen-bond donors (Lipinski definition) is 1. The summed E-state index contributed by atoms with van der Waals surface area (Å²) in [6.45, 7) is 7.41. The van der Waals surface area contributed by atoms with Gasteiger partial charge < -0.3 is 14.5 Å². The monoisotopic (exact) mass is 360 g/mol. The maximum absolute atomic E-state index is 12.7. The summed E-state index contributed by atoms with van der Waals surface area (Å²) in [6, 6.07) is 3.60. The van der Waals surface area contributed by atoms with E-state index in [1.54, 1.807) is 6.07 Å². The maximum atomic E-state index is 12.7. The van der Waals surface area contributed by atoms with E-state index in [9.17, 15) is 9.59 Å². The van der Waals surface area contributed by atoms with Crippen molar-refractivity contribution in [2.45, 2.75) is 40.2 Å². The van der Waals surface area contributed by atoms with Crippen molar-refractivity contribution in [3.05, 3.63) is 34.1 Å². The van der Waals surface area contributed by atoms with Crippen molar-refractivity contribution in [2.24, 2.45) is 0 Å². The lowest BCUT2D eigenvalue weighted by molar-refractivity contribution is -0.121. The van der Waals surface area contributed by atoms with Gasteiger partial charge in [-0.25, -0.2) is 4.68 Å². The SMILES string of the molecule is CCOCCCNC(=O)Cn1nc(CC)n2c(cc3oc(C)cc32)c1=O. The molecule has 1 amide bonds. The number of rotatable bonds is 8. The zero-order valence-corrected chi connectivity index (χ0v) is 15.4. The molecule has 0 spiro atoms. The molecule has 3 heterocycles. The van der Waals surface area contributed by atoms with Gasteiger partial charge in [0.05, 0.1) is 5.52 Å². The van der Waals surface area contributed by atoms with Gasteiger partial charge in [-0.2, -0.15) is 5.10 Å². The molecule has 0 aliphatic heterocycles. The minimum absolute atomic E-state index is 0.109. The molecule has 0 saturated heterocycles. The molecule has 1 N–H and O–H groups in total. The normalized spacial score (nSPS) is 11.5. The molecule has 0 radical (unpaired) electrons. The number of carbonyl (C=O) groups is 1. The Labute approximate surface area is 150 Å². The van der Waals surface area contributed by atoms with Gasteiger partial charge in [0.25, 0.3) is 5.56 Å². The molecule has 0 aromatic carbocycles. The predicted molar refractivity (Wildman–Crippen MR) is 97.5 cm³/mol. The van der Waals surface area contributed by atoms with E-state index in [0.29, 0.717) is 43.1 Å². The number of carbonyl (C=O) groups excluding carboxylic acids is 1. The number of nitrogens with zero attached hydrogens (tertiary/aromatic N) is 3. The van der Waals surface area contributed by atoms with Crippen LogP contribution in [0.25, 0.3) is 16.6 Å². The molecule has 0 bridgehead atoms. The van der Waals surface area contributed by atoms with Gasteiger partial charge in [0.2, 0.25) is 5.91 Å². The molecule has 0 aliphatic carbocycles. The Bertz CT molecular complexity index is 983. The van der Waals surface area contributed by atoms with Crippen LogP contribution in [-0.2, 0) is 22.5 Å². The van der Waals surface area contributed by atoms with Gasteiger partial charge in [0, 0.05) is 38.3 Å². The van der Waals surface area contributed by atoms with E-state index < -0.39 is 0 Å². The third kappa shape index (κ3) is 3.50. The third-order valence-corrected chi connectivity index (χ3v) is 4.16. The Kier molecular flexibility index (Phi) is 5.41. The van der Waals surface area contributed by atoms with E-state index >= 15 is 0 Å². The summed E-state index contributed by atoms with van der Waals surface area (Å²) >= 11 is 0. The van der Waals surface area contributed by atoms with Crippen molar-refractivity contribution >= 4 is 22.5 Å². The summed E-state index contributed by atoms with van der Waals surface area (Å²) in [4.78, 5) is 24.9. The molecule has 3 aromatic rings. The summed E-state index contributed by atoms with van der Waals surface area (Å²) in [6.07, 6.45) is 1.36.